The highest BCUT2D eigenvalue weighted by molar-refractivity contribution is 5.97. The molecule has 0 bridgehead atoms. The van der Waals surface area contributed by atoms with Crippen LogP contribution in [0.4, 0.5) is 0 Å². The van der Waals surface area contributed by atoms with Crippen LogP contribution in [0.2, 0.25) is 0 Å². The minimum atomic E-state index is 0.142. The van der Waals surface area contributed by atoms with Crippen molar-refractivity contribution < 1.29 is 4.79 Å². The summed E-state index contributed by atoms with van der Waals surface area (Å²) in [5.41, 5.74) is 4.21. The Kier molecular flexibility index (Phi) is 3.23. The molecule has 74 valence electrons. The summed E-state index contributed by atoms with van der Waals surface area (Å²) in [6.07, 6.45) is 2.61. The van der Waals surface area contributed by atoms with Crippen molar-refractivity contribution in [3.63, 3.8) is 0 Å². The van der Waals surface area contributed by atoms with Crippen molar-refractivity contribution in [1.82, 2.24) is 0 Å². The first kappa shape index (κ1) is 10.7. The summed E-state index contributed by atoms with van der Waals surface area (Å²) in [7, 11) is 0. The Morgan fingerprint density at radius 1 is 1.36 bits per heavy atom. The fourth-order valence-electron chi connectivity index (χ4n) is 1.77. The van der Waals surface area contributed by atoms with Crippen LogP contribution in [0.15, 0.2) is 24.8 Å². The molecular weight excluding hydrogens is 172 g/mol. The fraction of sp³-hybridized carbons (Fsp3) is 0.308. The lowest BCUT2D eigenvalue weighted by Gasteiger charge is -2.11. The molecule has 0 radical (unpaired) electrons. The van der Waals surface area contributed by atoms with E-state index in [9.17, 15) is 4.79 Å². The summed E-state index contributed by atoms with van der Waals surface area (Å²) >= 11 is 0. The van der Waals surface area contributed by atoms with E-state index >= 15 is 0 Å². The van der Waals surface area contributed by atoms with E-state index in [2.05, 4.69) is 12.6 Å². The molecule has 0 aromatic heterocycles. The lowest BCUT2D eigenvalue weighted by atomic mass is 9.93. The van der Waals surface area contributed by atoms with Crippen LogP contribution in [0.25, 0.3) is 0 Å². The summed E-state index contributed by atoms with van der Waals surface area (Å²) < 4.78 is 0. The van der Waals surface area contributed by atoms with E-state index in [1.165, 1.54) is 5.56 Å². The van der Waals surface area contributed by atoms with Crippen LogP contribution in [-0.4, -0.2) is 5.78 Å². The quantitative estimate of drug-likeness (QED) is 0.525. The summed E-state index contributed by atoms with van der Waals surface area (Å²) in [6, 6.07) is 4.05. The van der Waals surface area contributed by atoms with E-state index in [-0.39, 0.29) is 5.78 Å². The Hall–Kier alpha value is -1.37. The van der Waals surface area contributed by atoms with E-state index in [1.807, 2.05) is 26.0 Å². The number of benzene rings is 1. The molecule has 0 aliphatic rings. The van der Waals surface area contributed by atoms with E-state index in [0.717, 1.165) is 23.1 Å². The maximum atomic E-state index is 11.5. The van der Waals surface area contributed by atoms with Crippen LogP contribution in [0, 0.1) is 13.8 Å². The van der Waals surface area contributed by atoms with Gasteiger partial charge in [-0.15, -0.1) is 6.58 Å². The van der Waals surface area contributed by atoms with Gasteiger partial charge in [0.05, 0.1) is 0 Å². The predicted molar refractivity (Wildman–Crippen MR) is 59.8 cm³/mol. The SMILES string of the molecule is C=CCc1c(C)ccc(C)c1C(C)=O. The normalized spacial score (nSPS) is 9.93. The van der Waals surface area contributed by atoms with Gasteiger partial charge in [-0.25, -0.2) is 0 Å². The lowest BCUT2D eigenvalue weighted by Crippen LogP contribution is -2.04. The molecule has 1 heteroatoms. The Balaban J connectivity index is 3.40. The second kappa shape index (κ2) is 4.23. The molecule has 1 rings (SSSR count). The van der Waals surface area contributed by atoms with Gasteiger partial charge in [-0.3, -0.25) is 4.79 Å². The number of ketones is 1. The molecular formula is C13H16O. The van der Waals surface area contributed by atoms with Crippen LogP contribution in [0.5, 0.6) is 0 Å². The van der Waals surface area contributed by atoms with Gasteiger partial charge in [-0.2, -0.15) is 0 Å². The molecule has 1 nitrogen and oxygen atoms in total. The van der Waals surface area contributed by atoms with Crippen molar-refractivity contribution in [2.75, 3.05) is 0 Å². The van der Waals surface area contributed by atoms with Gasteiger partial charge in [0, 0.05) is 5.56 Å². The van der Waals surface area contributed by atoms with Gasteiger partial charge in [-0.1, -0.05) is 18.2 Å². The zero-order chi connectivity index (χ0) is 10.7. The highest BCUT2D eigenvalue weighted by Crippen LogP contribution is 2.20. The van der Waals surface area contributed by atoms with Crippen molar-refractivity contribution >= 4 is 5.78 Å². The molecule has 0 saturated heterocycles. The average Bonchev–Trinajstić information content (AvgIpc) is 2.11. The first-order chi connectivity index (χ1) is 6.57. The van der Waals surface area contributed by atoms with Crippen molar-refractivity contribution in [3.8, 4) is 0 Å². The second-order valence-electron chi connectivity index (χ2n) is 3.60. The first-order valence-electron chi connectivity index (χ1n) is 4.78. The van der Waals surface area contributed by atoms with Gasteiger partial charge in [0.25, 0.3) is 0 Å². The summed E-state index contributed by atoms with van der Waals surface area (Å²) in [5, 5.41) is 0. The van der Waals surface area contributed by atoms with Gasteiger partial charge < -0.3 is 0 Å². The maximum Gasteiger partial charge on any atom is 0.160 e. The van der Waals surface area contributed by atoms with Gasteiger partial charge in [0.2, 0.25) is 0 Å². The average molecular weight is 188 g/mol. The van der Waals surface area contributed by atoms with Crippen molar-refractivity contribution in [2.24, 2.45) is 0 Å². The number of hydrogen-bond acceptors (Lipinski definition) is 1. The Morgan fingerprint density at radius 2 is 1.93 bits per heavy atom. The molecule has 1 aromatic rings. The number of carbonyl (C=O) groups excluding carboxylic acids is 1. The predicted octanol–water partition coefficient (Wildman–Crippen LogP) is 3.23. The van der Waals surface area contributed by atoms with Crippen molar-refractivity contribution in [3.05, 3.63) is 47.0 Å². The Bertz CT molecular complexity index is 375. The third-order valence-corrected chi connectivity index (χ3v) is 2.46. The molecule has 0 heterocycles. The number of Topliss-reactive ketones (excluding diaryl/α,β-unsaturated/α-hetero) is 1. The summed E-state index contributed by atoms with van der Waals surface area (Å²) in [4.78, 5) is 11.5. The van der Waals surface area contributed by atoms with Gasteiger partial charge in [-0.05, 0) is 43.9 Å². The molecule has 0 spiro atoms. The van der Waals surface area contributed by atoms with Gasteiger partial charge in [0.1, 0.15) is 0 Å². The minimum Gasteiger partial charge on any atom is -0.294 e. The van der Waals surface area contributed by atoms with Crippen LogP contribution in [-0.2, 0) is 6.42 Å². The molecule has 0 atom stereocenters. The molecule has 0 aliphatic carbocycles. The number of allylic oxidation sites excluding steroid dienone is 1. The fourth-order valence-corrected chi connectivity index (χ4v) is 1.77. The molecule has 0 amide bonds. The first-order valence-corrected chi connectivity index (χ1v) is 4.78. The van der Waals surface area contributed by atoms with Crippen molar-refractivity contribution in [1.29, 1.82) is 0 Å². The zero-order valence-corrected chi connectivity index (χ0v) is 9.05. The van der Waals surface area contributed by atoms with Crippen LogP contribution < -0.4 is 0 Å². The second-order valence-corrected chi connectivity index (χ2v) is 3.60. The number of hydrogen-bond donors (Lipinski definition) is 0. The zero-order valence-electron chi connectivity index (χ0n) is 9.05. The molecule has 14 heavy (non-hydrogen) atoms. The van der Waals surface area contributed by atoms with E-state index in [1.54, 1.807) is 6.92 Å². The van der Waals surface area contributed by atoms with E-state index in [0.29, 0.717) is 0 Å². The van der Waals surface area contributed by atoms with E-state index < -0.39 is 0 Å². The number of carbonyl (C=O) groups is 1. The third kappa shape index (κ3) is 1.92. The Morgan fingerprint density at radius 3 is 2.43 bits per heavy atom. The molecule has 0 saturated carbocycles. The van der Waals surface area contributed by atoms with Crippen molar-refractivity contribution in [2.45, 2.75) is 27.2 Å². The summed E-state index contributed by atoms with van der Waals surface area (Å²) in [5.74, 6) is 0.142. The standard InChI is InChI=1S/C13H16O/c1-5-6-12-9(2)7-8-10(3)13(12)11(4)14/h5,7-8H,1,6H2,2-4H3. The van der Waals surface area contributed by atoms with Gasteiger partial charge in [0.15, 0.2) is 5.78 Å². The molecule has 0 fully saturated rings. The molecule has 0 aliphatic heterocycles. The largest absolute Gasteiger partial charge is 0.294 e. The minimum absolute atomic E-state index is 0.142. The monoisotopic (exact) mass is 188 g/mol. The third-order valence-electron chi connectivity index (χ3n) is 2.46. The smallest absolute Gasteiger partial charge is 0.160 e. The highest BCUT2D eigenvalue weighted by atomic mass is 16.1. The molecule has 1 aromatic carbocycles. The molecule has 0 N–H and O–H groups in total. The van der Waals surface area contributed by atoms with Gasteiger partial charge >= 0.3 is 0 Å². The lowest BCUT2D eigenvalue weighted by molar-refractivity contribution is 0.101. The molecule has 0 unspecified atom stereocenters. The number of rotatable bonds is 3. The van der Waals surface area contributed by atoms with Crippen LogP contribution >= 0.6 is 0 Å². The topological polar surface area (TPSA) is 17.1 Å². The van der Waals surface area contributed by atoms with E-state index in [4.69, 9.17) is 0 Å². The maximum absolute atomic E-state index is 11.5. The van der Waals surface area contributed by atoms with Crippen LogP contribution in [0.3, 0.4) is 0 Å². The Labute approximate surface area is 85.5 Å². The highest BCUT2D eigenvalue weighted by Gasteiger charge is 2.11. The summed E-state index contributed by atoms with van der Waals surface area (Å²) in [6.45, 7) is 9.34. The van der Waals surface area contributed by atoms with Crippen LogP contribution in [0.1, 0.15) is 34.0 Å². The number of aryl methyl sites for hydroxylation is 2.